The second-order valence-corrected chi connectivity index (χ2v) is 7.05. The van der Waals surface area contributed by atoms with Crippen LogP contribution >= 0.6 is 0 Å². The van der Waals surface area contributed by atoms with Gasteiger partial charge in [-0.3, -0.25) is 4.79 Å². The van der Waals surface area contributed by atoms with E-state index in [-0.39, 0.29) is 11.8 Å². The van der Waals surface area contributed by atoms with Crippen molar-refractivity contribution in [3.63, 3.8) is 0 Å². The first-order valence-corrected chi connectivity index (χ1v) is 9.03. The average molecular weight is 355 g/mol. The maximum atomic E-state index is 12.5. The van der Waals surface area contributed by atoms with Gasteiger partial charge in [-0.2, -0.15) is 0 Å². The van der Waals surface area contributed by atoms with Gasteiger partial charge in [-0.1, -0.05) is 45.0 Å². The van der Waals surface area contributed by atoms with Crippen LogP contribution in [0.1, 0.15) is 48.2 Å². The van der Waals surface area contributed by atoms with Gasteiger partial charge >= 0.3 is 0 Å². The molecule has 0 aliphatic heterocycles. The third-order valence-electron chi connectivity index (χ3n) is 4.38. The van der Waals surface area contributed by atoms with Gasteiger partial charge in [-0.05, 0) is 41.5 Å². The summed E-state index contributed by atoms with van der Waals surface area (Å²) in [6, 6.07) is 13.8. The van der Waals surface area contributed by atoms with Gasteiger partial charge in [0, 0.05) is 18.2 Å². The summed E-state index contributed by atoms with van der Waals surface area (Å²) < 4.78 is 10.4. The molecule has 26 heavy (non-hydrogen) atoms. The lowest BCUT2D eigenvalue weighted by Gasteiger charge is -2.15. The lowest BCUT2D eigenvalue weighted by molar-refractivity contribution is 0.0951. The number of rotatable bonds is 8. The second-order valence-electron chi connectivity index (χ2n) is 7.05. The molecule has 2 aromatic rings. The van der Waals surface area contributed by atoms with Crippen LogP contribution in [0, 0.1) is 5.92 Å². The summed E-state index contributed by atoms with van der Waals surface area (Å²) in [7, 11) is 3.14. The van der Waals surface area contributed by atoms with Gasteiger partial charge in [-0.15, -0.1) is 0 Å². The largest absolute Gasteiger partial charge is 0.497 e. The van der Waals surface area contributed by atoms with E-state index in [1.165, 1.54) is 11.1 Å². The minimum Gasteiger partial charge on any atom is -0.497 e. The van der Waals surface area contributed by atoms with Crippen molar-refractivity contribution in [2.75, 3.05) is 20.8 Å². The standard InChI is InChI=1S/C22H29NO3/c1-15(2)10-17-6-8-18(9-7-17)16(3)14-23-22(24)19-11-20(25-4)13-21(12-19)26-5/h6-9,11-13,15-16H,10,14H2,1-5H3,(H,23,24)/t16-/m1/s1. The fraction of sp³-hybridized carbons (Fsp3) is 0.409. The Labute approximate surface area is 156 Å². The van der Waals surface area contributed by atoms with E-state index in [1.807, 2.05) is 0 Å². The van der Waals surface area contributed by atoms with Crippen LogP contribution in [0.25, 0.3) is 0 Å². The van der Waals surface area contributed by atoms with Gasteiger partial charge in [0.05, 0.1) is 14.2 Å². The zero-order chi connectivity index (χ0) is 19.1. The third kappa shape index (κ3) is 5.51. The zero-order valence-electron chi connectivity index (χ0n) is 16.3. The molecule has 0 aliphatic carbocycles. The van der Waals surface area contributed by atoms with Gasteiger partial charge in [0.1, 0.15) is 11.5 Å². The monoisotopic (exact) mass is 355 g/mol. The summed E-state index contributed by atoms with van der Waals surface area (Å²) in [5.41, 5.74) is 3.10. The summed E-state index contributed by atoms with van der Waals surface area (Å²) in [5.74, 6) is 1.95. The molecular weight excluding hydrogens is 326 g/mol. The summed E-state index contributed by atoms with van der Waals surface area (Å²) in [6.45, 7) is 7.13. The highest BCUT2D eigenvalue weighted by molar-refractivity contribution is 5.95. The molecule has 0 aliphatic rings. The molecule has 2 rings (SSSR count). The first kappa shape index (κ1) is 19.8. The van der Waals surface area contributed by atoms with E-state index in [1.54, 1.807) is 32.4 Å². The normalized spacial score (nSPS) is 11.9. The minimum absolute atomic E-state index is 0.134. The smallest absolute Gasteiger partial charge is 0.251 e. The van der Waals surface area contributed by atoms with Crippen LogP contribution in [-0.4, -0.2) is 26.7 Å². The highest BCUT2D eigenvalue weighted by atomic mass is 16.5. The number of hydrogen-bond acceptors (Lipinski definition) is 3. The van der Waals surface area contributed by atoms with Crippen molar-refractivity contribution in [2.45, 2.75) is 33.1 Å². The predicted molar refractivity (Wildman–Crippen MR) is 105 cm³/mol. The van der Waals surface area contributed by atoms with Gasteiger partial charge in [-0.25, -0.2) is 0 Å². The number of hydrogen-bond donors (Lipinski definition) is 1. The average Bonchev–Trinajstić information content (AvgIpc) is 2.65. The molecule has 4 nitrogen and oxygen atoms in total. The molecule has 0 aromatic heterocycles. The fourth-order valence-corrected chi connectivity index (χ4v) is 2.86. The number of carbonyl (C=O) groups is 1. The molecule has 0 saturated carbocycles. The molecule has 1 atom stereocenters. The SMILES string of the molecule is COc1cc(OC)cc(C(=O)NC[C@@H](C)c2ccc(CC(C)C)cc2)c1. The van der Waals surface area contributed by atoms with E-state index in [4.69, 9.17) is 9.47 Å². The van der Waals surface area contributed by atoms with E-state index in [9.17, 15) is 4.79 Å². The van der Waals surface area contributed by atoms with Crippen LogP contribution in [-0.2, 0) is 6.42 Å². The van der Waals surface area contributed by atoms with Gasteiger partial charge in [0.25, 0.3) is 5.91 Å². The molecule has 140 valence electrons. The number of ether oxygens (including phenoxy) is 2. The van der Waals surface area contributed by atoms with Crippen molar-refractivity contribution in [2.24, 2.45) is 5.92 Å². The van der Waals surface area contributed by atoms with E-state index in [2.05, 4.69) is 50.4 Å². The fourth-order valence-electron chi connectivity index (χ4n) is 2.86. The van der Waals surface area contributed by atoms with Crippen LogP contribution in [0.2, 0.25) is 0 Å². The van der Waals surface area contributed by atoms with Crippen LogP contribution in [0.5, 0.6) is 11.5 Å². The predicted octanol–water partition coefficient (Wildman–Crippen LogP) is 4.44. The first-order chi connectivity index (χ1) is 12.4. The lowest BCUT2D eigenvalue weighted by Crippen LogP contribution is -2.27. The van der Waals surface area contributed by atoms with Crippen molar-refractivity contribution in [3.05, 3.63) is 59.2 Å². The Balaban J connectivity index is 1.98. The lowest BCUT2D eigenvalue weighted by atomic mass is 9.96. The molecule has 0 saturated heterocycles. The Morgan fingerprint density at radius 2 is 1.54 bits per heavy atom. The summed E-state index contributed by atoms with van der Waals surface area (Å²) in [6.07, 6.45) is 1.09. The maximum absolute atomic E-state index is 12.5. The maximum Gasteiger partial charge on any atom is 0.251 e. The zero-order valence-corrected chi connectivity index (χ0v) is 16.3. The quantitative estimate of drug-likeness (QED) is 0.762. The Hall–Kier alpha value is -2.49. The van der Waals surface area contributed by atoms with Crippen LogP contribution in [0.3, 0.4) is 0 Å². The van der Waals surface area contributed by atoms with Crippen LogP contribution in [0.15, 0.2) is 42.5 Å². The summed E-state index contributed by atoms with van der Waals surface area (Å²) in [4.78, 5) is 12.5. The molecule has 0 heterocycles. The van der Waals surface area contributed by atoms with Gasteiger partial charge in [0.2, 0.25) is 0 Å². The first-order valence-electron chi connectivity index (χ1n) is 9.03. The molecule has 0 radical (unpaired) electrons. The number of benzene rings is 2. The highest BCUT2D eigenvalue weighted by Crippen LogP contribution is 2.23. The summed E-state index contributed by atoms with van der Waals surface area (Å²) in [5, 5.41) is 3.00. The van der Waals surface area contributed by atoms with Gasteiger partial charge in [0.15, 0.2) is 0 Å². The van der Waals surface area contributed by atoms with E-state index < -0.39 is 0 Å². The molecule has 1 N–H and O–H groups in total. The van der Waals surface area contributed by atoms with E-state index in [0.717, 1.165) is 6.42 Å². The Morgan fingerprint density at radius 3 is 2.04 bits per heavy atom. The third-order valence-corrected chi connectivity index (χ3v) is 4.38. The molecule has 0 unspecified atom stereocenters. The number of carbonyl (C=O) groups excluding carboxylic acids is 1. The highest BCUT2D eigenvalue weighted by Gasteiger charge is 2.12. The Morgan fingerprint density at radius 1 is 0.962 bits per heavy atom. The molecule has 2 aromatic carbocycles. The van der Waals surface area contributed by atoms with Crippen molar-refractivity contribution in [1.82, 2.24) is 5.32 Å². The topological polar surface area (TPSA) is 47.6 Å². The summed E-state index contributed by atoms with van der Waals surface area (Å²) >= 11 is 0. The Kier molecular flexibility index (Phi) is 7.07. The van der Waals surface area contributed by atoms with E-state index in [0.29, 0.717) is 29.5 Å². The molecule has 0 fully saturated rings. The molecule has 1 amide bonds. The molecular formula is C22H29NO3. The van der Waals surface area contributed by atoms with Crippen LogP contribution in [0.4, 0.5) is 0 Å². The molecule has 0 bridgehead atoms. The number of methoxy groups -OCH3 is 2. The minimum atomic E-state index is -0.134. The van der Waals surface area contributed by atoms with Crippen molar-refractivity contribution >= 4 is 5.91 Å². The molecule has 0 spiro atoms. The Bertz CT molecular complexity index is 700. The van der Waals surface area contributed by atoms with Crippen LogP contribution < -0.4 is 14.8 Å². The van der Waals surface area contributed by atoms with Crippen molar-refractivity contribution < 1.29 is 14.3 Å². The van der Waals surface area contributed by atoms with Crippen molar-refractivity contribution in [3.8, 4) is 11.5 Å². The number of amides is 1. The van der Waals surface area contributed by atoms with E-state index >= 15 is 0 Å². The second kappa shape index (κ2) is 9.27. The van der Waals surface area contributed by atoms with Gasteiger partial charge < -0.3 is 14.8 Å². The molecule has 4 heteroatoms. The van der Waals surface area contributed by atoms with Crippen molar-refractivity contribution in [1.29, 1.82) is 0 Å². The number of nitrogens with one attached hydrogen (secondary N) is 1.